The Morgan fingerprint density at radius 3 is 2.62 bits per heavy atom. The number of aryl methyl sites for hydroxylation is 1. The maximum Gasteiger partial charge on any atom is 0.451 e. The van der Waals surface area contributed by atoms with Crippen molar-refractivity contribution in [1.29, 1.82) is 0 Å². The van der Waals surface area contributed by atoms with Crippen molar-refractivity contribution in [2.75, 3.05) is 6.54 Å². The van der Waals surface area contributed by atoms with Gasteiger partial charge in [0.05, 0.1) is 13.0 Å². The molecule has 0 aliphatic carbocycles. The van der Waals surface area contributed by atoms with E-state index in [1.807, 2.05) is 31.2 Å². The van der Waals surface area contributed by atoms with Crippen LogP contribution in [0.5, 0.6) is 0 Å². The third-order valence-corrected chi connectivity index (χ3v) is 3.39. The lowest BCUT2D eigenvalue weighted by Gasteiger charge is -2.05. The van der Waals surface area contributed by atoms with Gasteiger partial charge >= 0.3 is 11.9 Å². The highest BCUT2D eigenvalue weighted by molar-refractivity contribution is 5.78. The van der Waals surface area contributed by atoms with Gasteiger partial charge < -0.3 is 5.32 Å². The number of benzene rings is 1. The Kier molecular flexibility index (Phi) is 5.10. The molecule has 0 spiro atoms. The molecule has 2 rings (SSSR count). The number of rotatable bonds is 5. The van der Waals surface area contributed by atoms with Crippen LogP contribution in [0, 0.1) is 6.92 Å². The minimum Gasteiger partial charge on any atom is -0.354 e. The highest BCUT2D eigenvalue weighted by atomic mass is 19.4. The van der Waals surface area contributed by atoms with E-state index in [2.05, 4.69) is 10.4 Å². The van der Waals surface area contributed by atoms with Crippen LogP contribution in [0.1, 0.15) is 17.0 Å². The van der Waals surface area contributed by atoms with Crippen LogP contribution in [-0.2, 0) is 31.0 Å². The maximum atomic E-state index is 12.7. The fourth-order valence-electron chi connectivity index (χ4n) is 2.25. The Morgan fingerprint density at radius 1 is 1.33 bits per heavy atom. The number of halogens is 3. The number of nitrogens with one attached hydrogen (secondary N) is 1. The average Bonchev–Trinajstić information content (AvgIpc) is 2.75. The van der Waals surface area contributed by atoms with Crippen molar-refractivity contribution in [3.63, 3.8) is 0 Å². The Balaban J connectivity index is 1.93. The second-order valence-electron chi connectivity index (χ2n) is 5.40. The number of nitrogens with zero attached hydrogens (tertiary/aromatic N) is 3. The molecule has 0 aliphatic rings. The molecule has 9 heteroatoms. The molecule has 0 fully saturated rings. The molecule has 1 amide bonds. The third-order valence-electron chi connectivity index (χ3n) is 3.39. The summed E-state index contributed by atoms with van der Waals surface area (Å²) in [6.07, 6.45) is -4.54. The standard InChI is InChI=1S/C15H17F3N4O2/c1-10-4-3-5-11(8-10)9-12(23)19-6-7-22-14(24)21(2)13(20-22)15(16,17)18/h3-5,8H,6-7,9H2,1-2H3,(H,19,23). The fourth-order valence-corrected chi connectivity index (χ4v) is 2.25. The van der Waals surface area contributed by atoms with Crippen molar-refractivity contribution in [1.82, 2.24) is 19.7 Å². The molecule has 1 N–H and O–H groups in total. The first kappa shape index (κ1) is 17.8. The summed E-state index contributed by atoms with van der Waals surface area (Å²) in [6, 6.07) is 7.43. The predicted octanol–water partition coefficient (Wildman–Crippen LogP) is 1.27. The molecule has 6 nitrogen and oxygen atoms in total. The topological polar surface area (TPSA) is 68.9 Å². The normalized spacial score (nSPS) is 11.5. The lowest BCUT2D eigenvalue weighted by atomic mass is 10.1. The molecule has 0 radical (unpaired) electrons. The summed E-state index contributed by atoms with van der Waals surface area (Å²) in [5, 5.41) is 5.83. The molecular weight excluding hydrogens is 325 g/mol. The van der Waals surface area contributed by atoms with Crippen LogP contribution < -0.4 is 11.0 Å². The van der Waals surface area contributed by atoms with Crippen molar-refractivity contribution in [2.24, 2.45) is 7.05 Å². The number of amides is 1. The Hall–Kier alpha value is -2.58. The molecule has 0 saturated carbocycles. The monoisotopic (exact) mass is 342 g/mol. The summed E-state index contributed by atoms with van der Waals surface area (Å²) < 4.78 is 39.1. The number of alkyl halides is 3. The lowest BCUT2D eigenvalue weighted by molar-refractivity contribution is -0.147. The van der Waals surface area contributed by atoms with Gasteiger partial charge in [0.1, 0.15) is 0 Å². The quantitative estimate of drug-likeness (QED) is 0.890. The van der Waals surface area contributed by atoms with Crippen LogP contribution in [0.25, 0.3) is 0 Å². The summed E-state index contributed by atoms with van der Waals surface area (Å²) in [4.78, 5) is 23.5. The van der Waals surface area contributed by atoms with Crippen molar-refractivity contribution >= 4 is 5.91 Å². The van der Waals surface area contributed by atoms with Crippen LogP contribution in [0.15, 0.2) is 29.1 Å². The van der Waals surface area contributed by atoms with Crippen LogP contribution in [-0.4, -0.2) is 26.8 Å². The average molecular weight is 342 g/mol. The van der Waals surface area contributed by atoms with Gasteiger partial charge in [0.15, 0.2) is 0 Å². The summed E-state index contributed by atoms with van der Waals surface area (Å²) >= 11 is 0. The fraction of sp³-hybridized carbons (Fsp3) is 0.400. The molecule has 2 aromatic rings. The van der Waals surface area contributed by atoms with Gasteiger partial charge in [-0.3, -0.25) is 9.36 Å². The van der Waals surface area contributed by atoms with E-state index in [4.69, 9.17) is 0 Å². The number of carbonyl (C=O) groups is 1. The van der Waals surface area contributed by atoms with Crippen molar-refractivity contribution in [2.45, 2.75) is 26.1 Å². The molecule has 0 unspecified atom stereocenters. The Labute approximate surface area is 135 Å². The summed E-state index contributed by atoms with van der Waals surface area (Å²) in [5.74, 6) is -1.54. The van der Waals surface area contributed by atoms with Gasteiger partial charge in [-0.15, -0.1) is 5.10 Å². The first-order chi connectivity index (χ1) is 11.2. The molecule has 0 bridgehead atoms. The maximum absolute atomic E-state index is 12.7. The Morgan fingerprint density at radius 2 is 2.04 bits per heavy atom. The largest absolute Gasteiger partial charge is 0.451 e. The molecule has 0 aliphatic heterocycles. The molecule has 24 heavy (non-hydrogen) atoms. The van der Waals surface area contributed by atoms with Gasteiger partial charge in [-0.2, -0.15) is 13.2 Å². The summed E-state index contributed by atoms with van der Waals surface area (Å²) in [5.41, 5.74) is 0.983. The van der Waals surface area contributed by atoms with Crippen LogP contribution >= 0.6 is 0 Å². The molecule has 0 saturated heterocycles. The predicted molar refractivity (Wildman–Crippen MR) is 80.4 cm³/mol. The van der Waals surface area contributed by atoms with E-state index in [0.717, 1.165) is 18.2 Å². The highest BCUT2D eigenvalue weighted by Crippen LogP contribution is 2.25. The SMILES string of the molecule is Cc1cccc(CC(=O)NCCn2nc(C(F)(F)F)n(C)c2=O)c1. The first-order valence-corrected chi connectivity index (χ1v) is 7.22. The van der Waals surface area contributed by atoms with E-state index in [1.54, 1.807) is 0 Å². The minimum atomic E-state index is -4.70. The van der Waals surface area contributed by atoms with Crippen molar-refractivity contribution < 1.29 is 18.0 Å². The van der Waals surface area contributed by atoms with Crippen LogP contribution in [0.3, 0.4) is 0 Å². The first-order valence-electron chi connectivity index (χ1n) is 7.22. The molecule has 1 aromatic carbocycles. The number of aromatic nitrogens is 3. The lowest BCUT2D eigenvalue weighted by Crippen LogP contribution is -2.32. The van der Waals surface area contributed by atoms with E-state index in [1.165, 1.54) is 0 Å². The smallest absolute Gasteiger partial charge is 0.354 e. The second-order valence-corrected chi connectivity index (χ2v) is 5.40. The van der Waals surface area contributed by atoms with E-state index in [-0.39, 0.29) is 25.4 Å². The van der Waals surface area contributed by atoms with Gasteiger partial charge in [0.25, 0.3) is 0 Å². The summed E-state index contributed by atoms with van der Waals surface area (Å²) in [7, 11) is 1.00. The van der Waals surface area contributed by atoms with Gasteiger partial charge in [0.2, 0.25) is 11.7 Å². The zero-order chi connectivity index (χ0) is 17.9. The van der Waals surface area contributed by atoms with E-state index < -0.39 is 17.7 Å². The molecule has 1 aromatic heterocycles. The molecule has 0 atom stereocenters. The van der Waals surface area contributed by atoms with Crippen LogP contribution in [0.2, 0.25) is 0 Å². The van der Waals surface area contributed by atoms with Gasteiger partial charge in [-0.25, -0.2) is 9.48 Å². The number of hydrogen-bond donors (Lipinski definition) is 1. The van der Waals surface area contributed by atoms with Crippen LogP contribution in [0.4, 0.5) is 13.2 Å². The van der Waals surface area contributed by atoms with Gasteiger partial charge in [0, 0.05) is 13.6 Å². The molecular formula is C15H17F3N4O2. The number of carbonyl (C=O) groups excluding carboxylic acids is 1. The zero-order valence-corrected chi connectivity index (χ0v) is 13.2. The summed E-state index contributed by atoms with van der Waals surface area (Å²) in [6.45, 7) is 1.79. The van der Waals surface area contributed by atoms with Crippen molar-refractivity contribution in [3.05, 3.63) is 51.7 Å². The minimum absolute atomic E-state index is 0.0128. The number of hydrogen-bond acceptors (Lipinski definition) is 3. The zero-order valence-electron chi connectivity index (χ0n) is 13.2. The van der Waals surface area contributed by atoms with E-state index >= 15 is 0 Å². The molecule has 1 heterocycles. The second kappa shape index (κ2) is 6.90. The van der Waals surface area contributed by atoms with Crippen molar-refractivity contribution in [3.8, 4) is 0 Å². The van der Waals surface area contributed by atoms with E-state index in [9.17, 15) is 22.8 Å². The molecule has 130 valence electrons. The Bertz CT molecular complexity index is 793. The highest BCUT2D eigenvalue weighted by Gasteiger charge is 2.37. The van der Waals surface area contributed by atoms with Gasteiger partial charge in [-0.1, -0.05) is 29.8 Å². The van der Waals surface area contributed by atoms with Gasteiger partial charge in [-0.05, 0) is 12.5 Å². The third kappa shape index (κ3) is 4.24. The van der Waals surface area contributed by atoms with E-state index in [0.29, 0.717) is 9.25 Å².